The number of ether oxygens (including phenoxy) is 2. The van der Waals surface area contributed by atoms with Crippen LogP contribution in [0.2, 0.25) is 0 Å². The van der Waals surface area contributed by atoms with Gasteiger partial charge in [0, 0.05) is 19.7 Å². The van der Waals surface area contributed by atoms with Crippen molar-refractivity contribution in [3.8, 4) is 0 Å². The van der Waals surface area contributed by atoms with E-state index in [4.69, 9.17) is 9.47 Å². The topological polar surface area (TPSA) is 30.5 Å². The Kier molecular flexibility index (Phi) is 6.60. The van der Waals surface area contributed by atoms with Crippen molar-refractivity contribution >= 4 is 11.8 Å². The first-order valence-electron chi connectivity index (χ1n) is 5.25. The summed E-state index contributed by atoms with van der Waals surface area (Å²) in [4.78, 5) is 0. The zero-order valence-electron chi connectivity index (χ0n) is 9.12. The maximum Gasteiger partial charge on any atom is 0.0936 e. The van der Waals surface area contributed by atoms with Gasteiger partial charge in [-0.25, -0.2) is 0 Å². The van der Waals surface area contributed by atoms with Crippen LogP contribution in [0.3, 0.4) is 0 Å². The van der Waals surface area contributed by atoms with E-state index in [1.165, 1.54) is 5.75 Å². The standard InChI is InChI=1S/C10H21NO2S/c1-9-6-11-7-10(13-9)8-12-4-3-5-14-2/h9-11H,3-8H2,1-2H3. The lowest BCUT2D eigenvalue weighted by Crippen LogP contribution is -2.45. The summed E-state index contributed by atoms with van der Waals surface area (Å²) in [7, 11) is 0. The van der Waals surface area contributed by atoms with Gasteiger partial charge in [-0.05, 0) is 25.4 Å². The van der Waals surface area contributed by atoms with Crippen LogP contribution in [0.25, 0.3) is 0 Å². The SMILES string of the molecule is CSCCCOCC1CNCC(C)O1. The molecule has 0 radical (unpaired) electrons. The fourth-order valence-electron chi connectivity index (χ4n) is 1.49. The Morgan fingerprint density at radius 2 is 2.36 bits per heavy atom. The van der Waals surface area contributed by atoms with Gasteiger partial charge < -0.3 is 14.8 Å². The molecular weight excluding hydrogens is 198 g/mol. The minimum Gasteiger partial charge on any atom is -0.379 e. The molecule has 1 rings (SSSR count). The van der Waals surface area contributed by atoms with E-state index in [1.807, 2.05) is 11.8 Å². The van der Waals surface area contributed by atoms with Gasteiger partial charge in [0.05, 0.1) is 18.8 Å². The van der Waals surface area contributed by atoms with Crippen molar-refractivity contribution in [1.82, 2.24) is 5.32 Å². The third kappa shape index (κ3) is 5.20. The average molecular weight is 219 g/mol. The van der Waals surface area contributed by atoms with Crippen LogP contribution in [-0.4, -0.2) is 50.5 Å². The first kappa shape index (κ1) is 12.3. The monoisotopic (exact) mass is 219 g/mol. The Morgan fingerprint density at radius 3 is 3.07 bits per heavy atom. The fourth-order valence-corrected chi connectivity index (χ4v) is 1.90. The summed E-state index contributed by atoms with van der Waals surface area (Å²) in [6, 6.07) is 0. The molecule has 1 aliphatic heterocycles. The van der Waals surface area contributed by atoms with Crippen LogP contribution in [-0.2, 0) is 9.47 Å². The van der Waals surface area contributed by atoms with E-state index in [-0.39, 0.29) is 6.10 Å². The number of hydrogen-bond acceptors (Lipinski definition) is 4. The molecule has 84 valence electrons. The Bertz CT molecular complexity index is 146. The molecule has 0 aromatic rings. The molecule has 2 unspecified atom stereocenters. The predicted octanol–water partition coefficient (Wildman–Crippen LogP) is 1.13. The van der Waals surface area contributed by atoms with Gasteiger partial charge in [-0.2, -0.15) is 11.8 Å². The van der Waals surface area contributed by atoms with Crippen molar-refractivity contribution in [2.75, 3.05) is 38.3 Å². The normalized spacial score (nSPS) is 27.9. The molecule has 4 heteroatoms. The van der Waals surface area contributed by atoms with Crippen LogP contribution < -0.4 is 5.32 Å². The molecule has 0 saturated carbocycles. The van der Waals surface area contributed by atoms with E-state index in [9.17, 15) is 0 Å². The molecule has 0 aliphatic carbocycles. The predicted molar refractivity (Wildman–Crippen MR) is 61.0 cm³/mol. The van der Waals surface area contributed by atoms with Crippen LogP contribution in [0.5, 0.6) is 0 Å². The van der Waals surface area contributed by atoms with E-state index in [2.05, 4.69) is 18.5 Å². The molecule has 1 aliphatic rings. The molecule has 2 atom stereocenters. The number of morpholine rings is 1. The Balaban J connectivity index is 1.95. The maximum absolute atomic E-state index is 5.70. The van der Waals surface area contributed by atoms with E-state index in [0.717, 1.165) is 32.7 Å². The van der Waals surface area contributed by atoms with Crippen LogP contribution in [0.4, 0.5) is 0 Å². The Labute approximate surface area is 90.9 Å². The quantitative estimate of drug-likeness (QED) is 0.679. The highest BCUT2D eigenvalue weighted by Crippen LogP contribution is 2.04. The molecular formula is C10H21NO2S. The van der Waals surface area contributed by atoms with Crippen molar-refractivity contribution in [3.63, 3.8) is 0 Å². The second-order valence-electron chi connectivity index (χ2n) is 3.65. The van der Waals surface area contributed by atoms with E-state index >= 15 is 0 Å². The Hall–Kier alpha value is 0.230. The number of thioether (sulfide) groups is 1. The fraction of sp³-hybridized carbons (Fsp3) is 1.00. The number of nitrogens with one attached hydrogen (secondary N) is 1. The van der Waals surface area contributed by atoms with Gasteiger partial charge in [-0.3, -0.25) is 0 Å². The zero-order valence-corrected chi connectivity index (χ0v) is 9.94. The summed E-state index contributed by atoms with van der Waals surface area (Å²) in [5.41, 5.74) is 0. The molecule has 14 heavy (non-hydrogen) atoms. The number of hydrogen-bond donors (Lipinski definition) is 1. The van der Waals surface area contributed by atoms with Crippen molar-refractivity contribution in [3.05, 3.63) is 0 Å². The Morgan fingerprint density at radius 1 is 1.50 bits per heavy atom. The van der Waals surface area contributed by atoms with Crippen molar-refractivity contribution < 1.29 is 9.47 Å². The van der Waals surface area contributed by atoms with Crippen LogP contribution in [0.15, 0.2) is 0 Å². The van der Waals surface area contributed by atoms with E-state index in [1.54, 1.807) is 0 Å². The van der Waals surface area contributed by atoms with Gasteiger partial charge >= 0.3 is 0 Å². The molecule has 0 amide bonds. The molecule has 3 nitrogen and oxygen atoms in total. The summed E-state index contributed by atoms with van der Waals surface area (Å²) in [6.07, 6.45) is 3.82. The second kappa shape index (κ2) is 7.51. The first-order valence-corrected chi connectivity index (χ1v) is 6.65. The average Bonchev–Trinajstić information content (AvgIpc) is 2.18. The number of rotatable bonds is 6. The molecule has 0 spiro atoms. The van der Waals surface area contributed by atoms with Gasteiger partial charge in [-0.1, -0.05) is 0 Å². The van der Waals surface area contributed by atoms with Gasteiger partial charge in [0.15, 0.2) is 0 Å². The lowest BCUT2D eigenvalue weighted by Gasteiger charge is -2.28. The molecule has 0 bridgehead atoms. The summed E-state index contributed by atoms with van der Waals surface area (Å²) >= 11 is 1.86. The highest BCUT2D eigenvalue weighted by atomic mass is 32.2. The van der Waals surface area contributed by atoms with Gasteiger partial charge in [0.1, 0.15) is 0 Å². The summed E-state index contributed by atoms with van der Waals surface area (Å²) < 4.78 is 11.2. The van der Waals surface area contributed by atoms with E-state index in [0.29, 0.717) is 6.10 Å². The maximum atomic E-state index is 5.70. The lowest BCUT2D eigenvalue weighted by atomic mass is 10.2. The molecule has 0 aromatic carbocycles. The molecule has 1 N–H and O–H groups in total. The van der Waals surface area contributed by atoms with Crippen LogP contribution >= 0.6 is 11.8 Å². The third-order valence-corrected chi connectivity index (χ3v) is 2.87. The van der Waals surface area contributed by atoms with Gasteiger partial charge in [-0.15, -0.1) is 0 Å². The highest BCUT2D eigenvalue weighted by Gasteiger charge is 2.18. The second-order valence-corrected chi connectivity index (χ2v) is 4.63. The van der Waals surface area contributed by atoms with Crippen molar-refractivity contribution in [2.24, 2.45) is 0 Å². The van der Waals surface area contributed by atoms with Crippen LogP contribution in [0, 0.1) is 0 Å². The van der Waals surface area contributed by atoms with Crippen LogP contribution in [0.1, 0.15) is 13.3 Å². The minimum atomic E-state index is 0.244. The highest BCUT2D eigenvalue weighted by molar-refractivity contribution is 7.98. The smallest absolute Gasteiger partial charge is 0.0936 e. The third-order valence-electron chi connectivity index (χ3n) is 2.17. The molecule has 1 fully saturated rings. The van der Waals surface area contributed by atoms with Crippen molar-refractivity contribution in [1.29, 1.82) is 0 Å². The summed E-state index contributed by atoms with van der Waals surface area (Å²) in [5.74, 6) is 1.18. The van der Waals surface area contributed by atoms with Gasteiger partial charge in [0.25, 0.3) is 0 Å². The molecule has 1 saturated heterocycles. The van der Waals surface area contributed by atoms with Gasteiger partial charge in [0.2, 0.25) is 0 Å². The van der Waals surface area contributed by atoms with Crippen molar-refractivity contribution in [2.45, 2.75) is 25.6 Å². The lowest BCUT2D eigenvalue weighted by molar-refractivity contribution is -0.0683. The largest absolute Gasteiger partial charge is 0.379 e. The van der Waals surface area contributed by atoms with E-state index < -0.39 is 0 Å². The minimum absolute atomic E-state index is 0.244. The summed E-state index contributed by atoms with van der Waals surface area (Å²) in [6.45, 7) is 5.56. The molecule has 1 heterocycles. The molecule has 0 aromatic heterocycles. The zero-order chi connectivity index (χ0) is 10.2. The summed E-state index contributed by atoms with van der Waals surface area (Å²) in [5, 5.41) is 3.33. The first-order chi connectivity index (χ1) is 6.83.